The molecule has 1 aromatic heterocycles. The van der Waals surface area contributed by atoms with E-state index in [0.29, 0.717) is 18.2 Å². The Bertz CT molecular complexity index is 1270. The molecule has 0 spiro atoms. The van der Waals surface area contributed by atoms with Gasteiger partial charge in [0, 0.05) is 37.2 Å². The number of carbonyl (C=O) groups is 1. The van der Waals surface area contributed by atoms with E-state index >= 15 is 0 Å². The third kappa shape index (κ3) is 5.55. The molecular weight excluding hydrogens is 452 g/mol. The van der Waals surface area contributed by atoms with E-state index in [-0.39, 0.29) is 5.91 Å². The number of nitrogens with zero attached hydrogens (tertiary/aromatic N) is 3. The summed E-state index contributed by atoms with van der Waals surface area (Å²) in [6, 6.07) is 25.4. The molecular formula is C29H32N4OS. The number of rotatable bonds is 8. The van der Waals surface area contributed by atoms with Crippen LogP contribution in [0.4, 0.5) is 10.8 Å². The summed E-state index contributed by atoms with van der Waals surface area (Å²) < 4.78 is 0. The summed E-state index contributed by atoms with van der Waals surface area (Å²) in [5.41, 5.74) is 2.97. The van der Waals surface area contributed by atoms with Crippen LogP contribution in [0.1, 0.15) is 35.8 Å². The van der Waals surface area contributed by atoms with Crippen molar-refractivity contribution in [3.05, 3.63) is 89.4 Å². The number of fused-ring (bicyclic) bond motifs is 1. The summed E-state index contributed by atoms with van der Waals surface area (Å²) in [6.45, 7) is 6.65. The van der Waals surface area contributed by atoms with Crippen molar-refractivity contribution < 1.29 is 4.79 Å². The molecule has 35 heavy (non-hydrogen) atoms. The minimum Gasteiger partial charge on any atom is -0.350 e. The van der Waals surface area contributed by atoms with Gasteiger partial charge in [0.25, 0.3) is 5.91 Å². The Morgan fingerprint density at radius 3 is 2.74 bits per heavy atom. The number of para-hydroxylation sites is 1. The molecule has 3 aromatic carbocycles. The van der Waals surface area contributed by atoms with Gasteiger partial charge in [-0.3, -0.25) is 9.69 Å². The second kappa shape index (κ2) is 11.0. The van der Waals surface area contributed by atoms with Gasteiger partial charge in [-0.05, 0) is 60.7 Å². The summed E-state index contributed by atoms with van der Waals surface area (Å²) >= 11 is 1.52. The van der Waals surface area contributed by atoms with Crippen LogP contribution in [0.3, 0.4) is 0 Å². The molecule has 0 bridgehead atoms. The highest BCUT2D eigenvalue weighted by molar-refractivity contribution is 7.14. The monoisotopic (exact) mass is 484 g/mol. The molecule has 5 rings (SSSR count). The molecule has 1 saturated heterocycles. The molecule has 0 radical (unpaired) electrons. The minimum atomic E-state index is -0.0807. The number of likely N-dealkylation sites (tertiary alicyclic amines) is 1. The number of thiazole rings is 1. The lowest BCUT2D eigenvalue weighted by atomic mass is 9.96. The maximum atomic E-state index is 12.9. The lowest BCUT2D eigenvalue weighted by molar-refractivity contribution is 0.0926. The number of hydrogen-bond acceptors (Lipinski definition) is 5. The molecule has 1 atom stereocenters. The first-order valence-corrected chi connectivity index (χ1v) is 13.3. The van der Waals surface area contributed by atoms with Gasteiger partial charge in [0.1, 0.15) is 5.69 Å². The fourth-order valence-corrected chi connectivity index (χ4v) is 5.88. The number of nitrogens with one attached hydrogen (secondary N) is 1. The maximum Gasteiger partial charge on any atom is 0.270 e. The van der Waals surface area contributed by atoms with E-state index in [4.69, 9.17) is 0 Å². The fraction of sp³-hybridized carbons (Fsp3) is 0.310. The second-order valence-electron chi connectivity index (χ2n) is 9.19. The van der Waals surface area contributed by atoms with Gasteiger partial charge in [-0.2, -0.15) is 0 Å². The van der Waals surface area contributed by atoms with Crippen LogP contribution in [-0.2, 0) is 6.54 Å². The van der Waals surface area contributed by atoms with Crippen LogP contribution >= 0.6 is 11.3 Å². The molecule has 0 aliphatic carbocycles. The number of amides is 1. The molecule has 6 heteroatoms. The van der Waals surface area contributed by atoms with Gasteiger partial charge < -0.3 is 10.2 Å². The summed E-state index contributed by atoms with van der Waals surface area (Å²) in [5, 5.41) is 8.50. The zero-order chi connectivity index (χ0) is 24.0. The van der Waals surface area contributed by atoms with Crippen molar-refractivity contribution in [1.29, 1.82) is 0 Å². The number of anilines is 2. The normalized spacial score (nSPS) is 16.3. The average Bonchev–Trinajstić information content (AvgIpc) is 3.39. The summed E-state index contributed by atoms with van der Waals surface area (Å²) in [6.07, 6.45) is 2.31. The first kappa shape index (κ1) is 23.5. The van der Waals surface area contributed by atoms with Gasteiger partial charge in [-0.25, -0.2) is 4.98 Å². The summed E-state index contributed by atoms with van der Waals surface area (Å²) in [4.78, 5) is 22.2. The van der Waals surface area contributed by atoms with Gasteiger partial charge in [-0.15, -0.1) is 11.3 Å². The number of piperidine rings is 1. The highest BCUT2D eigenvalue weighted by Crippen LogP contribution is 2.28. The van der Waals surface area contributed by atoms with E-state index < -0.39 is 0 Å². The third-order valence-electron chi connectivity index (χ3n) is 6.77. The van der Waals surface area contributed by atoms with Crippen LogP contribution in [0.25, 0.3) is 10.8 Å². The molecule has 0 unspecified atom stereocenters. The number of aromatic nitrogens is 1. The molecule has 4 aromatic rings. The minimum absolute atomic E-state index is 0.0807. The first-order valence-electron chi connectivity index (χ1n) is 12.5. The SMILES string of the molecule is CCN(c1ccccc1)c1nc(C(=O)NC[C@@H]2CCCN(Cc3cccc4ccccc34)C2)cs1. The maximum absolute atomic E-state index is 12.9. The van der Waals surface area contributed by atoms with Crippen molar-refractivity contribution in [2.45, 2.75) is 26.3 Å². The van der Waals surface area contributed by atoms with Crippen LogP contribution in [-0.4, -0.2) is 42.0 Å². The zero-order valence-electron chi connectivity index (χ0n) is 20.2. The van der Waals surface area contributed by atoms with E-state index in [2.05, 4.69) is 81.6 Å². The second-order valence-corrected chi connectivity index (χ2v) is 10.0. The molecule has 2 heterocycles. The van der Waals surface area contributed by atoms with Crippen LogP contribution in [0.15, 0.2) is 78.2 Å². The number of benzene rings is 3. The standard InChI is InChI=1S/C29H32N4OS/c1-2-33(25-14-4-3-5-15-25)29-31-27(21-35-29)28(34)30-18-22-10-9-17-32(19-22)20-24-13-8-12-23-11-6-7-16-26(23)24/h3-8,11-16,21-22H,2,9-10,17-20H2,1H3,(H,30,34)/t22-/m0/s1. The molecule has 180 valence electrons. The first-order chi connectivity index (χ1) is 17.2. The van der Waals surface area contributed by atoms with Crippen molar-refractivity contribution in [1.82, 2.24) is 15.2 Å². The molecule has 5 nitrogen and oxygen atoms in total. The molecule has 1 N–H and O–H groups in total. The molecule has 1 fully saturated rings. The number of carbonyl (C=O) groups excluding carboxylic acids is 1. The smallest absolute Gasteiger partial charge is 0.270 e. The van der Waals surface area contributed by atoms with Crippen LogP contribution in [0, 0.1) is 5.92 Å². The van der Waals surface area contributed by atoms with Crippen LogP contribution in [0.2, 0.25) is 0 Å². The molecule has 1 aliphatic heterocycles. The van der Waals surface area contributed by atoms with E-state index in [1.807, 2.05) is 23.6 Å². The zero-order valence-corrected chi connectivity index (χ0v) is 21.0. The van der Waals surface area contributed by atoms with Gasteiger partial charge in [-0.1, -0.05) is 60.7 Å². The summed E-state index contributed by atoms with van der Waals surface area (Å²) in [7, 11) is 0. The van der Waals surface area contributed by atoms with Crippen molar-refractivity contribution in [2.24, 2.45) is 5.92 Å². The highest BCUT2D eigenvalue weighted by Gasteiger charge is 2.22. The Morgan fingerprint density at radius 1 is 1.09 bits per heavy atom. The van der Waals surface area contributed by atoms with E-state index in [1.165, 1.54) is 27.7 Å². The Balaban J connectivity index is 1.17. The lowest BCUT2D eigenvalue weighted by Gasteiger charge is -2.33. The molecule has 1 amide bonds. The van der Waals surface area contributed by atoms with Crippen LogP contribution < -0.4 is 10.2 Å². The van der Waals surface area contributed by atoms with Gasteiger partial charge >= 0.3 is 0 Å². The van der Waals surface area contributed by atoms with Crippen molar-refractivity contribution in [2.75, 3.05) is 31.1 Å². The Labute approximate surface area is 211 Å². The van der Waals surface area contributed by atoms with Crippen molar-refractivity contribution in [3.63, 3.8) is 0 Å². The quantitative estimate of drug-likeness (QED) is 0.328. The highest BCUT2D eigenvalue weighted by atomic mass is 32.1. The number of hydrogen-bond donors (Lipinski definition) is 1. The van der Waals surface area contributed by atoms with Gasteiger partial charge in [0.2, 0.25) is 0 Å². The fourth-order valence-electron chi connectivity index (χ4n) is 4.99. The Hall–Kier alpha value is -3.22. The summed E-state index contributed by atoms with van der Waals surface area (Å²) in [5.74, 6) is 0.375. The predicted molar refractivity (Wildman–Crippen MR) is 146 cm³/mol. The topological polar surface area (TPSA) is 48.5 Å². The van der Waals surface area contributed by atoms with E-state index in [1.54, 1.807) is 0 Å². The van der Waals surface area contributed by atoms with E-state index in [0.717, 1.165) is 49.8 Å². The largest absolute Gasteiger partial charge is 0.350 e. The van der Waals surface area contributed by atoms with Gasteiger partial charge in [0.15, 0.2) is 5.13 Å². The molecule has 1 aliphatic rings. The Kier molecular flexibility index (Phi) is 7.40. The van der Waals surface area contributed by atoms with Gasteiger partial charge in [0.05, 0.1) is 0 Å². The predicted octanol–water partition coefficient (Wildman–Crippen LogP) is 6.10. The average molecular weight is 485 g/mol. The van der Waals surface area contributed by atoms with Crippen molar-refractivity contribution >= 4 is 38.8 Å². The third-order valence-corrected chi connectivity index (χ3v) is 7.63. The van der Waals surface area contributed by atoms with Crippen molar-refractivity contribution in [3.8, 4) is 0 Å². The van der Waals surface area contributed by atoms with Crippen LogP contribution in [0.5, 0.6) is 0 Å². The van der Waals surface area contributed by atoms with E-state index in [9.17, 15) is 4.79 Å². The lowest BCUT2D eigenvalue weighted by Crippen LogP contribution is -2.40. The Morgan fingerprint density at radius 2 is 1.89 bits per heavy atom. The molecule has 0 saturated carbocycles.